The number of anilines is 1. The van der Waals surface area contributed by atoms with Crippen LogP contribution >= 0.6 is 35.3 Å². The van der Waals surface area contributed by atoms with E-state index in [-0.39, 0.29) is 24.0 Å². The van der Waals surface area contributed by atoms with Gasteiger partial charge in [0.15, 0.2) is 5.96 Å². The van der Waals surface area contributed by atoms with Crippen LogP contribution in [0.1, 0.15) is 46.0 Å². The summed E-state index contributed by atoms with van der Waals surface area (Å²) in [6.07, 6.45) is 6.21. The maximum Gasteiger partial charge on any atom is 0.191 e. The van der Waals surface area contributed by atoms with Gasteiger partial charge in [0.25, 0.3) is 0 Å². The van der Waals surface area contributed by atoms with Crippen LogP contribution in [-0.2, 0) is 0 Å². The van der Waals surface area contributed by atoms with Crippen molar-refractivity contribution in [3.05, 3.63) is 17.5 Å². The first kappa shape index (κ1) is 23.7. The Hall–Kier alpha value is -0.540. The summed E-state index contributed by atoms with van der Waals surface area (Å²) in [7, 11) is 0. The minimum absolute atomic E-state index is 0. The molecule has 3 rings (SSSR count). The van der Waals surface area contributed by atoms with Gasteiger partial charge in [-0.25, -0.2) is 0 Å². The topological polar surface area (TPSA) is 42.9 Å². The summed E-state index contributed by atoms with van der Waals surface area (Å²) in [6.45, 7) is 12.3. The van der Waals surface area contributed by atoms with Crippen LogP contribution in [0.25, 0.3) is 0 Å². The number of thiophene rings is 1. The fourth-order valence-corrected chi connectivity index (χ4v) is 4.92. The van der Waals surface area contributed by atoms with Crippen molar-refractivity contribution in [3.63, 3.8) is 0 Å². The van der Waals surface area contributed by atoms with E-state index in [1.54, 1.807) is 0 Å². The highest BCUT2D eigenvalue weighted by Gasteiger charge is 2.21. The summed E-state index contributed by atoms with van der Waals surface area (Å²) in [5, 5.41) is 10.7. The van der Waals surface area contributed by atoms with Crippen molar-refractivity contribution in [1.29, 1.82) is 0 Å². The van der Waals surface area contributed by atoms with Crippen LogP contribution in [0.5, 0.6) is 0 Å². The first-order chi connectivity index (χ1) is 13.3. The van der Waals surface area contributed by atoms with Crippen molar-refractivity contribution >= 4 is 46.3 Å². The standard InChI is InChI=1S/C21H37N5S.HI/c1-3-11-25-12-7-18(8-13-25)17-23-21(22-4-2)24-19-9-14-26(15-10-19)20-6-5-16-27-20;/h5-6,16,18-19H,3-4,7-15,17H2,1-2H3,(H2,22,23,24);1H. The van der Waals surface area contributed by atoms with Gasteiger partial charge in [0.05, 0.1) is 5.00 Å². The van der Waals surface area contributed by atoms with Crippen molar-refractivity contribution in [2.45, 2.75) is 52.0 Å². The molecule has 0 atom stereocenters. The lowest BCUT2D eigenvalue weighted by atomic mass is 9.97. The highest BCUT2D eigenvalue weighted by molar-refractivity contribution is 14.0. The number of piperidine rings is 2. The van der Waals surface area contributed by atoms with Crippen LogP contribution in [0.2, 0.25) is 0 Å². The lowest BCUT2D eigenvalue weighted by Crippen LogP contribution is -2.49. The molecule has 1 aromatic heterocycles. The third kappa shape index (κ3) is 7.37. The van der Waals surface area contributed by atoms with Crippen LogP contribution in [0.3, 0.4) is 0 Å². The molecule has 0 bridgehead atoms. The molecule has 0 aliphatic carbocycles. The van der Waals surface area contributed by atoms with Crippen molar-refractivity contribution in [2.75, 3.05) is 50.7 Å². The molecule has 1 aromatic rings. The van der Waals surface area contributed by atoms with Gasteiger partial charge in [0.2, 0.25) is 0 Å². The van der Waals surface area contributed by atoms with Gasteiger partial charge >= 0.3 is 0 Å². The molecule has 0 unspecified atom stereocenters. The molecule has 28 heavy (non-hydrogen) atoms. The Bertz CT molecular complexity index is 549. The van der Waals surface area contributed by atoms with Crippen molar-refractivity contribution < 1.29 is 0 Å². The number of nitrogens with one attached hydrogen (secondary N) is 2. The summed E-state index contributed by atoms with van der Waals surface area (Å²) in [4.78, 5) is 10.0. The lowest BCUT2D eigenvalue weighted by Gasteiger charge is -2.34. The zero-order chi connectivity index (χ0) is 18.9. The Balaban J connectivity index is 0.00000280. The molecule has 160 valence electrons. The van der Waals surface area contributed by atoms with E-state index in [9.17, 15) is 0 Å². The molecular weight excluding hydrogens is 481 g/mol. The average molecular weight is 520 g/mol. The number of hydrogen-bond acceptors (Lipinski definition) is 4. The SMILES string of the molecule is CCCN1CCC(CN=C(NCC)NC2CCN(c3cccs3)CC2)CC1.I. The van der Waals surface area contributed by atoms with Gasteiger partial charge in [0, 0.05) is 32.2 Å². The molecule has 0 saturated carbocycles. The van der Waals surface area contributed by atoms with E-state index in [4.69, 9.17) is 4.99 Å². The van der Waals surface area contributed by atoms with Gasteiger partial charge in [-0.05, 0) is 82.1 Å². The number of halogens is 1. The predicted molar refractivity (Wildman–Crippen MR) is 134 cm³/mol. The number of rotatable bonds is 7. The number of likely N-dealkylation sites (tertiary alicyclic amines) is 1. The normalized spacial score (nSPS) is 20.1. The highest BCUT2D eigenvalue weighted by Crippen LogP contribution is 2.24. The van der Waals surface area contributed by atoms with Gasteiger partial charge in [-0.1, -0.05) is 6.92 Å². The molecule has 2 aliphatic heterocycles. The zero-order valence-electron chi connectivity index (χ0n) is 17.5. The second kappa shape index (κ2) is 12.9. The van der Waals surface area contributed by atoms with E-state index >= 15 is 0 Å². The summed E-state index contributed by atoms with van der Waals surface area (Å²) < 4.78 is 0. The van der Waals surface area contributed by atoms with Gasteiger partial charge < -0.3 is 20.4 Å². The van der Waals surface area contributed by atoms with E-state index in [0.29, 0.717) is 6.04 Å². The number of hydrogen-bond donors (Lipinski definition) is 2. The maximum absolute atomic E-state index is 4.94. The van der Waals surface area contributed by atoms with Crippen LogP contribution in [0, 0.1) is 5.92 Å². The molecule has 5 nitrogen and oxygen atoms in total. The quantitative estimate of drug-likeness (QED) is 0.325. The third-order valence-electron chi connectivity index (χ3n) is 5.75. The minimum Gasteiger partial charge on any atom is -0.363 e. The monoisotopic (exact) mass is 519 g/mol. The number of aliphatic imine (C=N–C) groups is 1. The summed E-state index contributed by atoms with van der Waals surface area (Å²) in [5.74, 6) is 1.76. The fourth-order valence-electron chi connectivity index (χ4n) is 4.14. The smallest absolute Gasteiger partial charge is 0.191 e. The molecule has 0 spiro atoms. The molecule has 3 heterocycles. The van der Waals surface area contributed by atoms with E-state index in [0.717, 1.165) is 38.1 Å². The average Bonchev–Trinajstić information content (AvgIpc) is 3.23. The molecule has 2 fully saturated rings. The Morgan fingerprint density at radius 1 is 1.14 bits per heavy atom. The Morgan fingerprint density at radius 2 is 1.89 bits per heavy atom. The molecule has 2 saturated heterocycles. The van der Waals surface area contributed by atoms with Crippen molar-refractivity contribution in [1.82, 2.24) is 15.5 Å². The van der Waals surface area contributed by atoms with E-state index in [1.807, 2.05) is 11.3 Å². The third-order valence-corrected chi connectivity index (χ3v) is 6.68. The molecule has 2 N–H and O–H groups in total. The summed E-state index contributed by atoms with van der Waals surface area (Å²) >= 11 is 1.85. The first-order valence-corrected chi connectivity index (χ1v) is 11.7. The van der Waals surface area contributed by atoms with Crippen LogP contribution < -0.4 is 15.5 Å². The van der Waals surface area contributed by atoms with Gasteiger partial charge in [-0.15, -0.1) is 35.3 Å². The minimum atomic E-state index is 0. The summed E-state index contributed by atoms with van der Waals surface area (Å²) in [5.41, 5.74) is 0. The Labute approximate surface area is 192 Å². The highest BCUT2D eigenvalue weighted by atomic mass is 127. The van der Waals surface area contributed by atoms with E-state index in [2.05, 4.69) is 51.8 Å². The first-order valence-electron chi connectivity index (χ1n) is 10.8. The van der Waals surface area contributed by atoms with Gasteiger partial charge in [-0.3, -0.25) is 4.99 Å². The van der Waals surface area contributed by atoms with Crippen LogP contribution in [-0.4, -0.2) is 62.7 Å². The molecule has 0 amide bonds. The molecule has 0 aromatic carbocycles. The lowest BCUT2D eigenvalue weighted by molar-refractivity contribution is 0.188. The molecular formula is C21H38IN5S. The fraction of sp³-hybridized carbons (Fsp3) is 0.762. The van der Waals surface area contributed by atoms with Gasteiger partial charge in [0.1, 0.15) is 0 Å². The molecule has 0 radical (unpaired) electrons. The number of guanidine groups is 1. The second-order valence-electron chi connectivity index (χ2n) is 7.86. The molecule has 7 heteroatoms. The maximum atomic E-state index is 4.94. The summed E-state index contributed by atoms with van der Waals surface area (Å²) in [6, 6.07) is 4.91. The zero-order valence-corrected chi connectivity index (χ0v) is 20.7. The molecule has 2 aliphatic rings. The Kier molecular flexibility index (Phi) is 10.9. The van der Waals surface area contributed by atoms with E-state index in [1.165, 1.54) is 56.7 Å². The number of nitrogens with zero attached hydrogens (tertiary/aromatic N) is 3. The van der Waals surface area contributed by atoms with E-state index < -0.39 is 0 Å². The van der Waals surface area contributed by atoms with Crippen LogP contribution in [0.4, 0.5) is 5.00 Å². The van der Waals surface area contributed by atoms with Crippen LogP contribution in [0.15, 0.2) is 22.5 Å². The van der Waals surface area contributed by atoms with Gasteiger partial charge in [-0.2, -0.15) is 0 Å². The largest absolute Gasteiger partial charge is 0.363 e. The second-order valence-corrected chi connectivity index (χ2v) is 8.79. The van der Waals surface area contributed by atoms with Crippen molar-refractivity contribution in [2.24, 2.45) is 10.9 Å². The Morgan fingerprint density at radius 3 is 2.50 bits per heavy atom. The predicted octanol–water partition coefficient (Wildman–Crippen LogP) is 4.01. The van der Waals surface area contributed by atoms with Crippen molar-refractivity contribution in [3.8, 4) is 0 Å².